The van der Waals surface area contributed by atoms with Gasteiger partial charge < -0.3 is 5.32 Å². The molecule has 1 aromatic rings. The molecular weight excluding hydrogens is 271 g/mol. The van der Waals surface area contributed by atoms with E-state index in [4.69, 9.17) is 0 Å². The van der Waals surface area contributed by atoms with Gasteiger partial charge in [-0.2, -0.15) is 24.9 Å². The molecule has 0 spiro atoms. The maximum absolute atomic E-state index is 12.5. The molecule has 1 fully saturated rings. The third kappa shape index (κ3) is 3.66. The molecule has 1 nitrogen and oxygen atoms in total. The first-order valence-corrected chi connectivity index (χ1v) is 7.47. The summed E-state index contributed by atoms with van der Waals surface area (Å²) in [7, 11) is 0. The van der Waals surface area contributed by atoms with Gasteiger partial charge in [0.2, 0.25) is 0 Å². The second-order valence-electron chi connectivity index (χ2n) is 4.98. The molecular formula is C14H18F3NS. The first-order valence-electron chi connectivity index (χ1n) is 6.42. The molecule has 0 bridgehead atoms. The lowest BCUT2D eigenvalue weighted by Crippen LogP contribution is -2.35. The Balaban J connectivity index is 2.01. The second kappa shape index (κ2) is 5.75. The van der Waals surface area contributed by atoms with Crippen molar-refractivity contribution in [2.45, 2.75) is 43.8 Å². The van der Waals surface area contributed by atoms with Crippen molar-refractivity contribution in [3.8, 4) is 0 Å². The Morgan fingerprint density at radius 2 is 1.89 bits per heavy atom. The fourth-order valence-electron chi connectivity index (χ4n) is 2.33. The van der Waals surface area contributed by atoms with E-state index in [9.17, 15) is 13.2 Å². The van der Waals surface area contributed by atoms with Crippen LogP contribution in [-0.2, 0) is 6.18 Å². The van der Waals surface area contributed by atoms with Gasteiger partial charge in [0, 0.05) is 17.3 Å². The lowest BCUT2D eigenvalue weighted by Gasteiger charge is -2.22. The highest BCUT2D eigenvalue weighted by Crippen LogP contribution is 2.31. The third-order valence-electron chi connectivity index (χ3n) is 3.58. The summed E-state index contributed by atoms with van der Waals surface area (Å²) < 4.78 is 37.4. The lowest BCUT2D eigenvalue weighted by atomic mass is 10.0. The van der Waals surface area contributed by atoms with Crippen molar-refractivity contribution in [2.24, 2.45) is 0 Å². The van der Waals surface area contributed by atoms with E-state index in [1.807, 2.05) is 18.7 Å². The maximum atomic E-state index is 12.5. The van der Waals surface area contributed by atoms with Gasteiger partial charge in [0.15, 0.2) is 0 Å². The number of hydrogen-bond acceptors (Lipinski definition) is 2. The number of thioether (sulfide) groups is 1. The largest absolute Gasteiger partial charge is 0.416 e. The van der Waals surface area contributed by atoms with Crippen LogP contribution in [0.15, 0.2) is 24.3 Å². The summed E-state index contributed by atoms with van der Waals surface area (Å²) in [4.78, 5) is 0. The average Bonchev–Trinajstić information content (AvgIpc) is 2.74. The lowest BCUT2D eigenvalue weighted by molar-refractivity contribution is -0.137. The molecule has 2 rings (SSSR count). The Hall–Kier alpha value is -0.680. The quantitative estimate of drug-likeness (QED) is 0.892. The second-order valence-corrected chi connectivity index (χ2v) is 6.46. The van der Waals surface area contributed by atoms with Crippen molar-refractivity contribution < 1.29 is 13.2 Å². The van der Waals surface area contributed by atoms with Crippen LogP contribution < -0.4 is 5.32 Å². The SMILES string of the molecule is CC(NC1CCSC1C)c1ccc(C(F)(F)F)cc1. The molecule has 0 aliphatic carbocycles. The number of benzene rings is 1. The highest BCUT2D eigenvalue weighted by molar-refractivity contribution is 8.00. The molecule has 1 N–H and O–H groups in total. The van der Waals surface area contributed by atoms with Crippen LogP contribution in [0.2, 0.25) is 0 Å². The van der Waals surface area contributed by atoms with E-state index in [1.165, 1.54) is 0 Å². The Bertz CT molecular complexity index is 416. The molecule has 0 amide bonds. The van der Waals surface area contributed by atoms with Gasteiger partial charge in [0.05, 0.1) is 5.56 Å². The molecule has 19 heavy (non-hydrogen) atoms. The van der Waals surface area contributed by atoms with E-state index in [2.05, 4.69) is 12.2 Å². The first kappa shape index (κ1) is 14.7. The predicted molar refractivity (Wildman–Crippen MR) is 73.3 cm³/mol. The van der Waals surface area contributed by atoms with Crippen LogP contribution in [0.5, 0.6) is 0 Å². The van der Waals surface area contributed by atoms with Crippen molar-refractivity contribution in [3.63, 3.8) is 0 Å². The molecule has 0 saturated carbocycles. The van der Waals surface area contributed by atoms with Crippen molar-refractivity contribution in [1.29, 1.82) is 0 Å². The third-order valence-corrected chi connectivity index (χ3v) is 4.90. The zero-order valence-electron chi connectivity index (χ0n) is 11.0. The highest BCUT2D eigenvalue weighted by atomic mass is 32.2. The fraction of sp³-hybridized carbons (Fsp3) is 0.571. The molecule has 3 unspecified atom stereocenters. The van der Waals surface area contributed by atoms with Gasteiger partial charge in [0.1, 0.15) is 0 Å². The summed E-state index contributed by atoms with van der Waals surface area (Å²) in [6.45, 7) is 4.19. The van der Waals surface area contributed by atoms with Crippen LogP contribution in [0.25, 0.3) is 0 Å². The molecule has 106 valence electrons. The molecule has 1 aliphatic heterocycles. The minimum absolute atomic E-state index is 0.0773. The van der Waals surface area contributed by atoms with Gasteiger partial charge in [0.25, 0.3) is 0 Å². The minimum Gasteiger partial charge on any atom is -0.306 e. The molecule has 0 aromatic heterocycles. The van der Waals surface area contributed by atoms with Crippen LogP contribution in [0.1, 0.15) is 37.4 Å². The monoisotopic (exact) mass is 289 g/mol. The first-order chi connectivity index (χ1) is 8.88. The van der Waals surface area contributed by atoms with Crippen molar-refractivity contribution in [3.05, 3.63) is 35.4 Å². The van der Waals surface area contributed by atoms with Crippen molar-refractivity contribution >= 4 is 11.8 Å². The van der Waals surface area contributed by atoms with Crippen LogP contribution in [0.3, 0.4) is 0 Å². The number of alkyl halides is 3. The highest BCUT2D eigenvalue weighted by Gasteiger charge is 2.30. The fourth-order valence-corrected chi connectivity index (χ4v) is 3.54. The summed E-state index contributed by atoms with van der Waals surface area (Å²) in [5.74, 6) is 1.15. The molecule has 1 saturated heterocycles. The normalized spacial score (nSPS) is 25.5. The Morgan fingerprint density at radius 3 is 2.37 bits per heavy atom. The van der Waals surface area contributed by atoms with Gasteiger partial charge >= 0.3 is 6.18 Å². The van der Waals surface area contributed by atoms with Crippen LogP contribution >= 0.6 is 11.8 Å². The van der Waals surface area contributed by atoms with E-state index in [0.29, 0.717) is 11.3 Å². The van der Waals surface area contributed by atoms with Gasteiger partial charge in [-0.25, -0.2) is 0 Å². The standard InChI is InChI=1S/C14H18F3NS/c1-9(18-13-7-8-19-10(13)2)11-3-5-12(6-4-11)14(15,16)17/h3-6,9-10,13,18H,7-8H2,1-2H3. The van der Waals surface area contributed by atoms with E-state index >= 15 is 0 Å². The summed E-state index contributed by atoms with van der Waals surface area (Å²) in [6.07, 6.45) is -3.14. The predicted octanol–water partition coefficient (Wildman–Crippen LogP) is 4.25. The summed E-state index contributed by atoms with van der Waals surface area (Å²) >= 11 is 1.94. The van der Waals surface area contributed by atoms with E-state index in [1.54, 1.807) is 12.1 Å². The van der Waals surface area contributed by atoms with Crippen LogP contribution in [0.4, 0.5) is 13.2 Å². The molecule has 1 aliphatic rings. The molecule has 1 aromatic carbocycles. The number of halogens is 3. The van der Waals surface area contributed by atoms with Gasteiger partial charge in [-0.1, -0.05) is 19.1 Å². The van der Waals surface area contributed by atoms with Crippen LogP contribution in [-0.4, -0.2) is 17.0 Å². The number of nitrogens with one attached hydrogen (secondary N) is 1. The Kier molecular flexibility index (Phi) is 4.46. The van der Waals surface area contributed by atoms with Gasteiger partial charge in [-0.05, 0) is 36.8 Å². The maximum Gasteiger partial charge on any atom is 0.416 e. The molecule has 0 radical (unpaired) electrons. The van der Waals surface area contributed by atoms with Gasteiger partial charge in [-0.15, -0.1) is 0 Å². The van der Waals surface area contributed by atoms with E-state index in [0.717, 1.165) is 29.9 Å². The summed E-state index contributed by atoms with van der Waals surface area (Å²) in [5, 5.41) is 4.07. The van der Waals surface area contributed by atoms with Crippen molar-refractivity contribution in [2.75, 3.05) is 5.75 Å². The Morgan fingerprint density at radius 1 is 1.26 bits per heavy atom. The number of hydrogen-bond donors (Lipinski definition) is 1. The van der Waals surface area contributed by atoms with Gasteiger partial charge in [-0.3, -0.25) is 0 Å². The minimum atomic E-state index is -4.26. The van der Waals surface area contributed by atoms with Crippen LogP contribution in [0, 0.1) is 0 Å². The zero-order valence-corrected chi connectivity index (χ0v) is 11.8. The zero-order chi connectivity index (χ0) is 14.0. The number of rotatable bonds is 3. The van der Waals surface area contributed by atoms with E-state index < -0.39 is 11.7 Å². The Labute approximate surface area is 116 Å². The molecule has 3 atom stereocenters. The molecule has 5 heteroatoms. The van der Waals surface area contributed by atoms with E-state index in [-0.39, 0.29) is 6.04 Å². The van der Waals surface area contributed by atoms with Crippen molar-refractivity contribution in [1.82, 2.24) is 5.32 Å². The topological polar surface area (TPSA) is 12.0 Å². The average molecular weight is 289 g/mol. The smallest absolute Gasteiger partial charge is 0.306 e. The summed E-state index contributed by atoms with van der Waals surface area (Å²) in [5.41, 5.74) is 0.310. The summed E-state index contributed by atoms with van der Waals surface area (Å²) in [6, 6.07) is 5.96. The molecule has 1 heterocycles.